The number of fused-ring (bicyclic) bond motifs is 1. The molecule has 1 aliphatic rings. The third-order valence-electron chi connectivity index (χ3n) is 2.94. The summed E-state index contributed by atoms with van der Waals surface area (Å²) in [6.45, 7) is 0. The van der Waals surface area contributed by atoms with E-state index in [1.54, 1.807) is 6.20 Å². The molecule has 3 heteroatoms. The van der Waals surface area contributed by atoms with Gasteiger partial charge in [-0.2, -0.15) is 0 Å². The average molecular weight is 234 g/mol. The van der Waals surface area contributed by atoms with Crippen molar-refractivity contribution in [2.75, 3.05) is 0 Å². The average Bonchev–Trinajstić information content (AvgIpc) is 2.27. The first-order chi connectivity index (χ1) is 7.83. The predicted molar refractivity (Wildman–Crippen MR) is 65.0 cm³/mol. The fourth-order valence-corrected chi connectivity index (χ4v) is 2.35. The zero-order chi connectivity index (χ0) is 11.0. The lowest BCUT2D eigenvalue weighted by molar-refractivity contribution is 0.126. The fourth-order valence-electron chi connectivity index (χ4n) is 1.96. The van der Waals surface area contributed by atoms with Crippen molar-refractivity contribution in [1.82, 2.24) is 4.98 Å². The second-order valence-corrected chi connectivity index (χ2v) is 4.75. The van der Waals surface area contributed by atoms with Crippen molar-refractivity contribution in [2.24, 2.45) is 0 Å². The summed E-state index contributed by atoms with van der Waals surface area (Å²) in [5.74, 6) is 0.916. The molecular weight excluding hydrogens is 222 g/mol. The highest BCUT2D eigenvalue weighted by Crippen LogP contribution is 2.32. The Morgan fingerprint density at radius 1 is 1.19 bits per heavy atom. The quantitative estimate of drug-likeness (QED) is 0.742. The smallest absolute Gasteiger partial charge is 0.129 e. The maximum Gasteiger partial charge on any atom is 0.129 e. The molecule has 1 saturated carbocycles. The zero-order valence-corrected chi connectivity index (χ0v) is 9.52. The van der Waals surface area contributed by atoms with Gasteiger partial charge in [-0.15, -0.1) is 11.6 Å². The van der Waals surface area contributed by atoms with Crippen LogP contribution >= 0.6 is 11.6 Å². The Hall–Kier alpha value is -1.28. The second kappa shape index (κ2) is 3.95. The van der Waals surface area contributed by atoms with E-state index in [1.807, 2.05) is 30.3 Å². The van der Waals surface area contributed by atoms with Crippen LogP contribution in [0, 0.1) is 0 Å². The molecule has 82 valence electrons. The van der Waals surface area contributed by atoms with Gasteiger partial charge in [0.2, 0.25) is 0 Å². The van der Waals surface area contributed by atoms with Crippen LogP contribution < -0.4 is 4.74 Å². The molecule has 0 amide bonds. The Morgan fingerprint density at radius 2 is 2.06 bits per heavy atom. The van der Waals surface area contributed by atoms with E-state index in [-0.39, 0.29) is 11.5 Å². The van der Waals surface area contributed by atoms with Crippen LogP contribution in [0.15, 0.2) is 36.5 Å². The van der Waals surface area contributed by atoms with Crippen molar-refractivity contribution in [3.63, 3.8) is 0 Å². The Labute approximate surface area is 99.2 Å². The summed E-state index contributed by atoms with van der Waals surface area (Å²) in [4.78, 5) is 4.30. The zero-order valence-electron chi connectivity index (χ0n) is 8.77. The number of aromatic nitrogens is 1. The van der Waals surface area contributed by atoms with E-state index in [1.165, 1.54) is 0 Å². The molecule has 0 N–H and O–H groups in total. The van der Waals surface area contributed by atoms with E-state index in [0.717, 1.165) is 29.5 Å². The molecule has 0 aliphatic heterocycles. The lowest BCUT2D eigenvalue weighted by Crippen LogP contribution is -2.34. The van der Waals surface area contributed by atoms with E-state index < -0.39 is 0 Å². The first-order valence-corrected chi connectivity index (χ1v) is 5.91. The highest BCUT2D eigenvalue weighted by atomic mass is 35.5. The molecule has 1 fully saturated rings. The minimum Gasteiger partial charge on any atom is -0.490 e. The lowest BCUT2D eigenvalue weighted by Gasteiger charge is -2.31. The van der Waals surface area contributed by atoms with E-state index >= 15 is 0 Å². The van der Waals surface area contributed by atoms with E-state index in [4.69, 9.17) is 16.3 Å². The molecule has 0 unspecified atom stereocenters. The molecule has 0 atom stereocenters. The maximum absolute atomic E-state index is 5.94. The van der Waals surface area contributed by atoms with E-state index in [0.29, 0.717) is 0 Å². The van der Waals surface area contributed by atoms with Crippen LogP contribution in [0.2, 0.25) is 0 Å². The molecule has 0 bridgehead atoms. The summed E-state index contributed by atoms with van der Waals surface area (Å²) in [5, 5.41) is 1.36. The number of hydrogen-bond donors (Lipinski definition) is 0. The molecule has 16 heavy (non-hydrogen) atoms. The fraction of sp³-hybridized carbons (Fsp3) is 0.308. The Kier molecular flexibility index (Phi) is 2.44. The van der Waals surface area contributed by atoms with Crippen LogP contribution in [0.4, 0.5) is 0 Å². The van der Waals surface area contributed by atoms with Crippen molar-refractivity contribution in [3.05, 3.63) is 36.5 Å². The molecule has 0 spiro atoms. The minimum absolute atomic E-state index is 0.272. The Bertz CT molecular complexity index is 503. The highest BCUT2D eigenvalue weighted by molar-refractivity contribution is 6.21. The van der Waals surface area contributed by atoms with Crippen LogP contribution in [0.3, 0.4) is 0 Å². The van der Waals surface area contributed by atoms with Crippen molar-refractivity contribution in [3.8, 4) is 5.75 Å². The Morgan fingerprint density at radius 3 is 2.88 bits per heavy atom. The number of rotatable bonds is 2. The molecule has 3 rings (SSSR count). The van der Waals surface area contributed by atoms with Crippen LogP contribution in [0.1, 0.15) is 12.8 Å². The molecule has 1 aromatic heterocycles. The van der Waals surface area contributed by atoms with Gasteiger partial charge in [0.05, 0.1) is 5.52 Å². The van der Waals surface area contributed by atoms with Crippen LogP contribution in [0.5, 0.6) is 5.75 Å². The highest BCUT2D eigenvalue weighted by Gasteiger charge is 2.29. The van der Waals surface area contributed by atoms with Gasteiger partial charge in [0.1, 0.15) is 11.9 Å². The molecular formula is C13H12ClNO. The van der Waals surface area contributed by atoms with Gasteiger partial charge < -0.3 is 4.74 Å². The van der Waals surface area contributed by atoms with Crippen molar-refractivity contribution in [1.29, 1.82) is 0 Å². The topological polar surface area (TPSA) is 22.1 Å². The number of alkyl halides is 1. The molecule has 1 aliphatic carbocycles. The molecule has 2 aromatic rings. The number of benzene rings is 1. The summed E-state index contributed by atoms with van der Waals surface area (Å²) in [7, 11) is 0. The summed E-state index contributed by atoms with van der Waals surface area (Å²) >= 11 is 5.94. The summed E-state index contributed by atoms with van der Waals surface area (Å²) in [6.07, 6.45) is 3.95. The number of pyridine rings is 1. The first-order valence-electron chi connectivity index (χ1n) is 5.47. The van der Waals surface area contributed by atoms with Gasteiger partial charge in [-0.3, -0.25) is 4.98 Å². The van der Waals surface area contributed by atoms with Crippen LogP contribution in [-0.2, 0) is 0 Å². The van der Waals surface area contributed by atoms with Gasteiger partial charge in [-0.1, -0.05) is 6.07 Å². The van der Waals surface area contributed by atoms with Gasteiger partial charge in [-0.25, -0.2) is 0 Å². The minimum atomic E-state index is 0.272. The van der Waals surface area contributed by atoms with Crippen molar-refractivity contribution < 1.29 is 4.74 Å². The predicted octanol–water partition coefficient (Wildman–Crippen LogP) is 3.38. The largest absolute Gasteiger partial charge is 0.490 e. The van der Waals surface area contributed by atoms with Gasteiger partial charge in [-0.05, 0) is 24.3 Å². The van der Waals surface area contributed by atoms with Crippen molar-refractivity contribution >= 4 is 22.5 Å². The molecule has 0 saturated heterocycles. The summed E-state index contributed by atoms with van der Waals surface area (Å²) in [5.41, 5.74) is 0.974. The van der Waals surface area contributed by atoms with Gasteiger partial charge in [0.25, 0.3) is 0 Å². The number of ether oxygens (including phenoxy) is 1. The molecule has 2 nitrogen and oxygen atoms in total. The SMILES string of the molecule is ClC1CC(Oc2cccc3ncccc23)C1. The number of hydrogen-bond acceptors (Lipinski definition) is 2. The molecule has 0 radical (unpaired) electrons. The third-order valence-corrected chi connectivity index (χ3v) is 3.29. The summed E-state index contributed by atoms with van der Waals surface area (Å²) in [6, 6.07) is 9.93. The molecule has 1 aromatic carbocycles. The van der Waals surface area contributed by atoms with E-state index in [9.17, 15) is 0 Å². The monoisotopic (exact) mass is 233 g/mol. The van der Waals surface area contributed by atoms with Crippen molar-refractivity contribution in [2.45, 2.75) is 24.3 Å². The van der Waals surface area contributed by atoms with Gasteiger partial charge in [0, 0.05) is 29.8 Å². The number of nitrogens with zero attached hydrogens (tertiary/aromatic N) is 1. The molecule has 1 heterocycles. The van der Waals surface area contributed by atoms with Crippen LogP contribution in [0.25, 0.3) is 10.9 Å². The van der Waals surface area contributed by atoms with Gasteiger partial charge in [0.15, 0.2) is 0 Å². The lowest BCUT2D eigenvalue weighted by atomic mass is 9.95. The van der Waals surface area contributed by atoms with Crippen LogP contribution in [-0.4, -0.2) is 16.5 Å². The van der Waals surface area contributed by atoms with E-state index in [2.05, 4.69) is 4.98 Å². The maximum atomic E-state index is 5.94. The third kappa shape index (κ3) is 1.74. The number of halogens is 1. The normalized spacial score (nSPS) is 24.1. The second-order valence-electron chi connectivity index (χ2n) is 4.13. The standard InChI is InChI=1S/C13H12ClNO/c14-9-7-10(8-9)16-13-5-1-4-12-11(13)3-2-6-15-12/h1-6,9-10H,7-8H2. The summed E-state index contributed by atoms with van der Waals surface area (Å²) < 4.78 is 5.91. The Balaban J connectivity index is 1.91. The van der Waals surface area contributed by atoms with Gasteiger partial charge >= 0.3 is 0 Å². The first kappa shape index (κ1) is 9.91.